The quantitative estimate of drug-likeness (QED) is 0.575. The number of rotatable bonds is 5. The Labute approximate surface area is 216 Å². The lowest BCUT2D eigenvalue weighted by molar-refractivity contribution is -0.167. The van der Waals surface area contributed by atoms with Gasteiger partial charge < -0.3 is 24.6 Å². The normalized spacial score (nSPS) is 19.0. The number of carbonyl (C=O) groups excluding carboxylic acids is 2. The number of aliphatic hydroxyl groups is 2. The summed E-state index contributed by atoms with van der Waals surface area (Å²) in [4.78, 5) is 31.3. The van der Waals surface area contributed by atoms with Crippen LogP contribution in [0.3, 0.4) is 0 Å². The van der Waals surface area contributed by atoms with E-state index in [2.05, 4.69) is 31.5 Å². The third kappa shape index (κ3) is 6.94. The molecule has 3 heterocycles. The zero-order valence-corrected chi connectivity index (χ0v) is 21.5. The van der Waals surface area contributed by atoms with Gasteiger partial charge in [0.15, 0.2) is 11.2 Å². The fraction of sp³-hybridized carbons (Fsp3) is 0.500. The Hall–Kier alpha value is -2.72. The molecule has 4 rings (SSSR count). The first-order valence-corrected chi connectivity index (χ1v) is 12.3. The first kappa shape index (κ1) is 27.9. The van der Waals surface area contributed by atoms with E-state index < -0.39 is 23.1 Å². The Morgan fingerprint density at radius 1 is 0.889 bits per heavy atom. The lowest BCUT2D eigenvalue weighted by Gasteiger charge is -2.36. The average molecular weight is 520 g/mol. The largest absolute Gasteiger partial charge is 0.467 e. The molecule has 2 aromatic rings. The second kappa shape index (κ2) is 12.5. The van der Waals surface area contributed by atoms with Crippen molar-refractivity contribution in [2.24, 2.45) is 0 Å². The van der Waals surface area contributed by atoms with Gasteiger partial charge in [0.1, 0.15) is 5.82 Å². The zero-order valence-electron chi connectivity index (χ0n) is 20.7. The Morgan fingerprint density at radius 3 is 1.92 bits per heavy atom. The predicted molar refractivity (Wildman–Crippen MR) is 136 cm³/mol. The predicted octanol–water partition coefficient (Wildman–Crippen LogP) is 2.43. The highest BCUT2D eigenvalue weighted by Crippen LogP contribution is 2.30. The van der Waals surface area contributed by atoms with E-state index in [1.807, 2.05) is 23.1 Å². The van der Waals surface area contributed by atoms with Crippen LogP contribution in [0.5, 0.6) is 0 Å². The first-order chi connectivity index (χ1) is 17.2. The number of piperidine rings is 2. The molecule has 0 spiro atoms. The summed E-state index contributed by atoms with van der Waals surface area (Å²) in [5.41, 5.74) is -1.42. The molecule has 0 radical (unpaired) electrons. The number of hydrogen-bond acceptors (Lipinski definition) is 9. The molecular formula is C26H34ClN3O6. The van der Waals surface area contributed by atoms with E-state index in [-0.39, 0.29) is 0 Å². The van der Waals surface area contributed by atoms with Gasteiger partial charge in [-0.1, -0.05) is 41.9 Å². The van der Waals surface area contributed by atoms with Crippen LogP contribution in [-0.2, 0) is 25.6 Å². The second-order valence-electron chi connectivity index (χ2n) is 9.10. The van der Waals surface area contributed by atoms with Crippen LogP contribution in [0.15, 0.2) is 48.7 Å². The van der Waals surface area contributed by atoms with Gasteiger partial charge in [-0.3, -0.25) is 4.90 Å². The van der Waals surface area contributed by atoms with E-state index in [4.69, 9.17) is 11.6 Å². The van der Waals surface area contributed by atoms with E-state index in [1.54, 1.807) is 18.3 Å². The van der Waals surface area contributed by atoms with Crippen LogP contribution < -0.4 is 4.90 Å². The third-order valence-corrected chi connectivity index (χ3v) is 6.99. The fourth-order valence-corrected chi connectivity index (χ4v) is 4.65. The summed E-state index contributed by atoms with van der Waals surface area (Å²) < 4.78 is 9.25. The van der Waals surface area contributed by atoms with Gasteiger partial charge in [-0.25, -0.2) is 14.6 Å². The molecule has 0 amide bonds. The van der Waals surface area contributed by atoms with Crippen LogP contribution in [0.1, 0.15) is 31.2 Å². The highest BCUT2D eigenvalue weighted by atomic mass is 35.5. The average Bonchev–Trinajstić information content (AvgIpc) is 2.91. The molecule has 2 saturated heterocycles. The van der Waals surface area contributed by atoms with Crippen molar-refractivity contribution >= 4 is 29.4 Å². The number of carbonyl (C=O) groups is 2. The maximum atomic E-state index is 11.5. The van der Waals surface area contributed by atoms with Crippen LogP contribution in [0, 0.1) is 0 Å². The monoisotopic (exact) mass is 519 g/mol. The summed E-state index contributed by atoms with van der Waals surface area (Å²) in [5, 5.41) is 20.8. The van der Waals surface area contributed by atoms with Gasteiger partial charge in [0.25, 0.3) is 0 Å². The summed E-state index contributed by atoms with van der Waals surface area (Å²) in [6, 6.07) is 13.7. The molecule has 0 unspecified atom stereocenters. The summed E-state index contributed by atoms with van der Waals surface area (Å²) in [6.45, 7) is 3.31. The van der Waals surface area contributed by atoms with Crippen LogP contribution in [0.4, 0.5) is 5.82 Å². The van der Waals surface area contributed by atoms with Crippen molar-refractivity contribution in [2.75, 3.05) is 45.3 Å². The number of likely N-dealkylation sites (tertiary alicyclic amines) is 1. The maximum absolute atomic E-state index is 11.5. The highest BCUT2D eigenvalue weighted by molar-refractivity contribution is 6.32. The molecule has 2 aliphatic heterocycles. The van der Waals surface area contributed by atoms with Crippen molar-refractivity contribution in [3.05, 3.63) is 59.2 Å². The number of anilines is 1. The Kier molecular flexibility index (Phi) is 9.67. The molecule has 2 aliphatic rings. The SMILES string of the molecule is COC(=O)C1(O)CCN(Cc2ccccc2)CC1.COC(=O)C1(O)CCN(c2ncccc2Cl)CC1. The number of benzene rings is 1. The standard InChI is InChI=1S/C14H19NO3.C12H15ClN2O3/c1-18-13(16)14(17)7-9-15(10-8-14)11-12-5-3-2-4-6-12;1-18-11(16)12(17)4-7-15(8-5-12)10-9(13)3-2-6-14-10/h2-6,17H,7-11H2,1H3;2-3,6,17H,4-5,7-8H2,1H3. The van der Waals surface area contributed by atoms with E-state index >= 15 is 0 Å². The van der Waals surface area contributed by atoms with E-state index in [0.29, 0.717) is 62.7 Å². The molecule has 1 aromatic carbocycles. The van der Waals surface area contributed by atoms with Gasteiger partial charge in [0.05, 0.1) is 19.2 Å². The molecular weight excluding hydrogens is 486 g/mol. The second-order valence-corrected chi connectivity index (χ2v) is 9.51. The molecule has 0 atom stereocenters. The van der Waals surface area contributed by atoms with Crippen molar-refractivity contribution < 1.29 is 29.3 Å². The number of pyridine rings is 1. The zero-order chi connectivity index (χ0) is 26.2. The van der Waals surface area contributed by atoms with Gasteiger partial charge >= 0.3 is 11.9 Å². The highest BCUT2D eigenvalue weighted by Gasteiger charge is 2.41. The molecule has 2 fully saturated rings. The van der Waals surface area contributed by atoms with Gasteiger partial charge in [-0.05, 0) is 30.5 Å². The minimum absolute atomic E-state index is 0.312. The van der Waals surface area contributed by atoms with Crippen molar-refractivity contribution in [2.45, 2.75) is 43.4 Å². The number of esters is 2. The molecule has 2 N–H and O–H groups in total. The first-order valence-electron chi connectivity index (χ1n) is 11.9. The Balaban J connectivity index is 0.000000201. The molecule has 9 nitrogen and oxygen atoms in total. The van der Waals surface area contributed by atoms with Crippen molar-refractivity contribution in [1.29, 1.82) is 0 Å². The molecule has 1 aromatic heterocycles. The van der Waals surface area contributed by atoms with Crippen LogP contribution >= 0.6 is 11.6 Å². The van der Waals surface area contributed by atoms with Crippen LogP contribution in [-0.4, -0.2) is 83.6 Å². The van der Waals surface area contributed by atoms with Gasteiger partial charge in [0.2, 0.25) is 0 Å². The maximum Gasteiger partial charge on any atom is 0.337 e. The number of ether oxygens (including phenoxy) is 2. The smallest absolute Gasteiger partial charge is 0.337 e. The lowest BCUT2D eigenvalue weighted by Crippen LogP contribution is -2.50. The minimum atomic E-state index is -1.38. The molecule has 36 heavy (non-hydrogen) atoms. The molecule has 0 bridgehead atoms. The summed E-state index contributed by atoms with van der Waals surface area (Å²) in [5.74, 6) is -0.401. The van der Waals surface area contributed by atoms with E-state index in [9.17, 15) is 19.8 Å². The fourth-order valence-electron chi connectivity index (χ4n) is 4.41. The van der Waals surface area contributed by atoms with E-state index in [1.165, 1.54) is 19.8 Å². The number of aromatic nitrogens is 1. The number of halogens is 1. The third-order valence-electron chi connectivity index (χ3n) is 6.69. The molecule has 0 saturated carbocycles. The topological polar surface area (TPSA) is 112 Å². The molecule has 196 valence electrons. The number of nitrogens with zero attached hydrogens (tertiary/aromatic N) is 3. The van der Waals surface area contributed by atoms with Gasteiger partial charge in [-0.15, -0.1) is 0 Å². The van der Waals surface area contributed by atoms with Crippen molar-refractivity contribution in [3.8, 4) is 0 Å². The molecule has 0 aliphatic carbocycles. The number of hydrogen-bond donors (Lipinski definition) is 2. The van der Waals surface area contributed by atoms with Gasteiger partial charge in [-0.2, -0.15) is 0 Å². The van der Waals surface area contributed by atoms with Gasteiger partial charge in [0, 0.05) is 51.8 Å². The van der Waals surface area contributed by atoms with E-state index in [0.717, 1.165) is 6.54 Å². The Bertz CT molecular complexity index is 1010. The summed E-state index contributed by atoms with van der Waals surface area (Å²) in [7, 11) is 2.60. The van der Waals surface area contributed by atoms with Crippen molar-refractivity contribution in [3.63, 3.8) is 0 Å². The molecule has 10 heteroatoms. The number of methoxy groups -OCH3 is 2. The Morgan fingerprint density at radius 2 is 1.42 bits per heavy atom. The summed E-state index contributed by atoms with van der Waals surface area (Å²) in [6.07, 6.45) is 3.17. The minimum Gasteiger partial charge on any atom is -0.467 e. The van der Waals surface area contributed by atoms with Crippen LogP contribution in [0.25, 0.3) is 0 Å². The van der Waals surface area contributed by atoms with Crippen LogP contribution in [0.2, 0.25) is 5.02 Å². The van der Waals surface area contributed by atoms with Crippen molar-refractivity contribution in [1.82, 2.24) is 9.88 Å². The summed E-state index contributed by atoms with van der Waals surface area (Å²) >= 11 is 6.06. The lowest BCUT2D eigenvalue weighted by atomic mass is 9.91.